The summed E-state index contributed by atoms with van der Waals surface area (Å²) in [6, 6.07) is 17.4. The predicted molar refractivity (Wildman–Crippen MR) is 127 cm³/mol. The average Bonchev–Trinajstić information content (AvgIpc) is 3.24. The van der Waals surface area contributed by atoms with E-state index in [9.17, 15) is 9.59 Å². The van der Waals surface area contributed by atoms with E-state index in [1.165, 1.54) is 35.5 Å². The van der Waals surface area contributed by atoms with Crippen LogP contribution in [0.3, 0.4) is 0 Å². The van der Waals surface area contributed by atoms with Gasteiger partial charge >= 0.3 is 0 Å². The minimum absolute atomic E-state index is 0.178. The van der Waals surface area contributed by atoms with Crippen molar-refractivity contribution in [1.29, 1.82) is 0 Å². The number of amidine groups is 2. The van der Waals surface area contributed by atoms with Crippen LogP contribution in [0.15, 0.2) is 74.1 Å². The van der Waals surface area contributed by atoms with Crippen molar-refractivity contribution in [2.45, 2.75) is 18.7 Å². The summed E-state index contributed by atoms with van der Waals surface area (Å²) in [5.74, 6) is -0.387. The topological polar surface area (TPSA) is 74.1 Å². The highest BCUT2D eigenvalue weighted by atomic mass is 79.9. The standard InChI is InChI=1S/C21H17BrN4O2S2/c1-13(27)26-21(2,15-6-4-3-5-7-15)30-20(25-26)24-19-23-18(28)17(29-19)12-14-8-10-16(22)11-9-14/h3-12H,1-2H3,(H,23,24,25,28)/b17-12-. The lowest BCUT2D eigenvalue weighted by Gasteiger charge is -2.30. The Hall–Kier alpha value is -2.36. The second-order valence-electron chi connectivity index (χ2n) is 6.70. The molecule has 4 rings (SSSR count). The Morgan fingerprint density at radius 3 is 2.57 bits per heavy atom. The van der Waals surface area contributed by atoms with Crippen molar-refractivity contribution in [2.24, 2.45) is 10.1 Å². The van der Waals surface area contributed by atoms with Gasteiger partial charge in [0.2, 0.25) is 11.1 Å². The number of hydrogen-bond donors (Lipinski definition) is 1. The molecule has 2 aliphatic rings. The number of hydrogen-bond acceptors (Lipinski definition) is 6. The Bertz CT molecular complexity index is 1100. The van der Waals surface area contributed by atoms with Crippen molar-refractivity contribution in [3.8, 4) is 0 Å². The first-order valence-electron chi connectivity index (χ1n) is 9.04. The predicted octanol–water partition coefficient (Wildman–Crippen LogP) is 4.75. The van der Waals surface area contributed by atoms with Crippen LogP contribution in [0.2, 0.25) is 0 Å². The summed E-state index contributed by atoms with van der Waals surface area (Å²) in [5, 5.41) is 9.48. The molecule has 1 unspecified atom stereocenters. The molecule has 1 atom stereocenters. The molecule has 9 heteroatoms. The number of carbonyl (C=O) groups is 2. The fraction of sp³-hybridized carbons (Fsp3) is 0.143. The number of rotatable bonds is 2. The first kappa shape index (κ1) is 20.9. The number of hydrazone groups is 1. The van der Waals surface area contributed by atoms with E-state index in [1.54, 1.807) is 0 Å². The number of carbonyl (C=O) groups excluding carboxylic acids is 2. The maximum atomic E-state index is 12.3. The van der Waals surface area contributed by atoms with Gasteiger partial charge < -0.3 is 5.32 Å². The highest BCUT2D eigenvalue weighted by Gasteiger charge is 2.44. The van der Waals surface area contributed by atoms with Gasteiger partial charge in [0, 0.05) is 11.4 Å². The Kier molecular flexibility index (Phi) is 5.86. The molecule has 2 heterocycles. The van der Waals surface area contributed by atoms with Crippen LogP contribution in [-0.4, -0.2) is 27.2 Å². The third-order valence-corrected chi connectivity index (χ3v) is 7.10. The van der Waals surface area contributed by atoms with Gasteiger partial charge in [0.15, 0.2) is 5.17 Å². The van der Waals surface area contributed by atoms with E-state index in [-0.39, 0.29) is 11.8 Å². The van der Waals surface area contributed by atoms with Gasteiger partial charge in [-0.25, -0.2) is 5.01 Å². The van der Waals surface area contributed by atoms with Crippen LogP contribution in [0.5, 0.6) is 0 Å². The lowest BCUT2D eigenvalue weighted by atomic mass is 10.1. The molecule has 1 N–H and O–H groups in total. The third-order valence-electron chi connectivity index (χ3n) is 4.50. The Morgan fingerprint density at radius 2 is 1.90 bits per heavy atom. The third kappa shape index (κ3) is 4.23. The molecule has 2 aliphatic heterocycles. The van der Waals surface area contributed by atoms with E-state index in [2.05, 4.69) is 31.3 Å². The molecule has 0 aliphatic carbocycles. The summed E-state index contributed by atoms with van der Waals surface area (Å²) in [4.78, 5) is 28.9. The van der Waals surface area contributed by atoms with E-state index in [0.29, 0.717) is 15.2 Å². The molecule has 30 heavy (non-hydrogen) atoms. The van der Waals surface area contributed by atoms with Gasteiger partial charge in [0.1, 0.15) is 4.87 Å². The Labute approximate surface area is 191 Å². The smallest absolute Gasteiger partial charge is 0.264 e. The van der Waals surface area contributed by atoms with Crippen LogP contribution < -0.4 is 5.32 Å². The number of nitrogens with one attached hydrogen (secondary N) is 1. The van der Waals surface area contributed by atoms with Crippen LogP contribution in [0.4, 0.5) is 0 Å². The molecular formula is C21H17BrN4O2S2. The first-order chi connectivity index (χ1) is 14.3. The number of amides is 2. The van der Waals surface area contributed by atoms with E-state index >= 15 is 0 Å². The normalized spacial score (nSPS) is 23.8. The zero-order valence-electron chi connectivity index (χ0n) is 16.1. The number of aliphatic imine (C=N–C) groups is 1. The van der Waals surface area contributed by atoms with Gasteiger partial charge in [-0.3, -0.25) is 9.59 Å². The number of thioether (sulfide) groups is 2. The molecule has 0 bridgehead atoms. The molecule has 1 saturated heterocycles. The van der Waals surface area contributed by atoms with Gasteiger partial charge in [0.25, 0.3) is 5.91 Å². The number of halogens is 1. The fourth-order valence-corrected chi connectivity index (χ4v) is 5.31. The van der Waals surface area contributed by atoms with Crippen molar-refractivity contribution < 1.29 is 9.59 Å². The second kappa shape index (κ2) is 8.41. The van der Waals surface area contributed by atoms with E-state index < -0.39 is 4.87 Å². The highest BCUT2D eigenvalue weighted by Crippen LogP contribution is 2.46. The van der Waals surface area contributed by atoms with Crippen LogP contribution in [0.1, 0.15) is 25.0 Å². The van der Waals surface area contributed by atoms with Crippen molar-refractivity contribution in [3.05, 3.63) is 75.1 Å². The molecule has 2 aromatic rings. The molecule has 0 aromatic heterocycles. The lowest BCUT2D eigenvalue weighted by molar-refractivity contribution is -0.131. The van der Waals surface area contributed by atoms with E-state index in [4.69, 9.17) is 0 Å². The summed E-state index contributed by atoms with van der Waals surface area (Å²) < 4.78 is 0.975. The maximum absolute atomic E-state index is 12.3. The summed E-state index contributed by atoms with van der Waals surface area (Å²) >= 11 is 6.03. The highest BCUT2D eigenvalue weighted by molar-refractivity contribution is 9.10. The molecule has 2 amide bonds. The summed E-state index contributed by atoms with van der Waals surface area (Å²) in [7, 11) is 0. The van der Waals surface area contributed by atoms with Crippen LogP contribution in [0, 0.1) is 0 Å². The number of nitrogens with zero attached hydrogens (tertiary/aromatic N) is 3. The minimum Gasteiger partial charge on any atom is -0.300 e. The van der Waals surface area contributed by atoms with Crippen molar-refractivity contribution in [1.82, 2.24) is 10.3 Å². The monoisotopic (exact) mass is 500 g/mol. The first-order valence-corrected chi connectivity index (χ1v) is 11.5. The zero-order chi connectivity index (χ0) is 21.3. The van der Waals surface area contributed by atoms with Crippen molar-refractivity contribution >= 4 is 67.7 Å². The van der Waals surface area contributed by atoms with E-state index in [1.807, 2.05) is 67.6 Å². The van der Waals surface area contributed by atoms with Gasteiger partial charge in [0.05, 0.1) is 4.91 Å². The molecule has 1 fully saturated rings. The summed E-state index contributed by atoms with van der Waals surface area (Å²) in [5.41, 5.74) is 1.87. The molecule has 2 aromatic carbocycles. The van der Waals surface area contributed by atoms with Gasteiger partial charge in [-0.1, -0.05) is 58.4 Å². The molecule has 0 spiro atoms. The van der Waals surface area contributed by atoms with Gasteiger partial charge in [-0.15, -0.1) is 5.10 Å². The minimum atomic E-state index is -0.699. The quantitative estimate of drug-likeness (QED) is 0.603. The fourth-order valence-electron chi connectivity index (χ4n) is 3.04. The van der Waals surface area contributed by atoms with Gasteiger partial charge in [-0.05, 0) is 59.8 Å². The SMILES string of the molecule is CC(=O)N1N=C(N=C2NC(=O)/C(=C/c3ccc(Br)cc3)S2)SC1(C)c1ccccc1. The van der Waals surface area contributed by atoms with Crippen LogP contribution in [0.25, 0.3) is 6.08 Å². The van der Waals surface area contributed by atoms with Gasteiger partial charge in [-0.2, -0.15) is 4.99 Å². The molecule has 0 radical (unpaired) electrons. The molecule has 0 saturated carbocycles. The molecule has 6 nitrogen and oxygen atoms in total. The largest absolute Gasteiger partial charge is 0.300 e. The number of benzene rings is 2. The summed E-state index contributed by atoms with van der Waals surface area (Å²) in [6.45, 7) is 3.41. The molecular weight excluding hydrogens is 484 g/mol. The lowest BCUT2D eigenvalue weighted by Crippen LogP contribution is -2.37. The average molecular weight is 501 g/mol. The molecule has 152 valence electrons. The second-order valence-corrected chi connectivity index (χ2v) is 10.0. The zero-order valence-corrected chi connectivity index (χ0v) is 19.3. The summed E-state index contributed by atoms with van der Waals surface area (Å²) in [6.07, 6.45) is 1.81. The maximum Gasteiger partial charge on any atom is 0.264 e. The Balaban J connectivity index is 1.58. The van der Waals surface area contributed by atoms with Crippen LogP contribution in [-0.2, 0) is 14.5 Å². The van der Waals surface area contributed by atoms with Crippen molar-refractivity contribution in [3.63, 3.8) is 0 Å². The van der Waals surface area contributed by atoms with Crippen molar-refractivity contribution in [2.75, 3.05) is 0 Å². The van der Waals surface area contributed by atoms with Crippen LogP contribution >= 0.6 is 39.5 Å². The van der Waals surface area contributed by atoms with E-state index in [0.717, 1.165) is 15.6 Å². The Morgan fingerprint density at radius 1 is 1.20 bits per heavy atom.